The number of aromatic amines is 1. The van der Waals surface area contributed by atoms with Gasteiger partial charge in [-0.05, 0) is 63.0 Å². The minimum absolute atomic E-state index is 0.108. The molecular weight excluding hydrogens is 389 g/mol. The summed E-state index contributed by atoms with van der Waals surface area (Å²) < 4.78 is 37.8. The van der Waals surface area contributed by atoms with Crippen LogP contribution in [0.2, 0.25) is 0 Å². The number of halogens is 3. The summed E-state index contributed by atoms with van der Waals surface area (Å²) >= 11 is 1.13. The second kappa shape index (κ2) is 7.44. The van der Waals surface area contributed by atoms with E-state index in [1.54, 1.807) is 24.3 Å². The lowest BCUT2D eigenvalue weighted by molar-refractivity contribution is -0.144. The summed E-state index contributed by atoms with van der Waals surface area (Å²) in [6.07, 6.45) is -1.10. The predicted octanol–water partition coefficient (Wildman–Crippen LogP) is 3.79. The molecule has 1 aromatic heterocycles. The normalized spacial score (nSPS) is 27.0. The number of hydrogen-bond donors (Lipinski definition) is 2. The molecule has 2 atom stereocenters. The first-order chi connectivity index (χ1) is 13.3. The molecule has 150 valence electrons. The van der Waals surface area contributed by atoms with Crippen LogP contribution in [0.25, 0.3) is 0 Å². The number of piperidine rings is 3. The molecule has 2 N–H and O–H groups in total. The van der Waals surface area contributed by atoms with Crippen LogP contribution < -0.4 is 5.32 Å². The highest BCUT2D eigenvalue weighted by Gasteiger charge is 2.40. The molecule has 3 fully saturated rings. The van der Waals surface area contributed by atoms with E-state index < -0.39 is 12.0 Å². The third-order valence-corrected chi connectivity index (χ3v) is 6.58. The van der Waals surface area contributed by atoms with Gasteiger partial charge in [-0.3, -0.25) is 9.69 Å². The Bertz CT molecular complexity index is 842. The quantitative estimate of drug-likeness (QED) is 0.805. The van der Waals surface area contributed by atoms with E-state index in [4.69, 9.17) is 0 Å². The number of nitrogens with one attached hydrogen (secondary N) is 2. The van der Waals surface area contributed by atoms with E-state index in [2.05, 4.69) is 27.1 Å². The van der Waals surface area contributed by atoms with Gasteiger partial charge >= 0.3 is 6.18 Å². The van der Waals surface area contributed by atoms with Gasteiger partial charge in [0, 0.05) is 22.5 Å². The first-order valence-corrected chi connectivity index (χ1v) is 10.1. The Balaban J connectivity index is 1.39. The predicted molar refractivity (Wildman–Crippen MR) is 99.2 cm³/mol. The van der Waals surface area contributed by atoms with Crippen LogP contribution in [0.15, 0.2) is 40.4 Å². The average Bonchev–Trinajstić information content (AvgIpc) is 3.14. The number of imidazole rings is 1. The van der Waals surface area contributed by atoms with E-state index in [1.165, 1.54) is 0 Å². The fourth-order valence-corrected chi connectivity index (χ4v) is 4.86. The van der Waals surface area contributed by atoms with Gasteiger partial charge in [-0.25, -0.2) is 4.98 Å². The highest BCUT2D eigenvalue weighted by atomic mass is 32.2. The molecule has 2 bridgehead atoms. The molecule has 3 aliphatic rings. The molecule has 0 aliphatic carbocycles. The van der Waals surface area contributed by atoms with Crippen LogP contribution in [0.4, 0.5) is 13.2 Å². The number of carbonyl (C=O) groups excluding carboxylic acids is 1. The van der Waals surface area contributed by atoms with E-state index >= 15 is 0 Å². The van der Waals surface area contributed by atoms with Crippen molar-refractivity contribution in [2.75, 3.05) is 13.1 Å². The molecule has 0 saturated carbocycles. The lowest BCUT2D eigenvalue weighted by Gasteiger charge is -2.49. The molecule has 1 amide bonds. The number of fused-ring (bicyclic) bond motifs is 3. The second-order valence-corrected chi connectivity index (χ2v) is 8.45. The van der Waals surface area contributed by atoms with Gasteiger partial charge in [0.2, 0.25) is 5.82 Å². The summed E-state index contributed by atoms with van der Waals surface area (Å²) in [5.41, 5.74) is 0.550. The highest BCUT2D eigenvalue weighted by molar-refractivity contribution is 7.99. The summed E-state index contributed by atoms with van der Waals surface area (Å²) in [5.74, 6) is -0.595. The van der Waals surface area contributed by atoms with Crippen LogP contribution in [0.3, 0.4) is 0 Å². The maximum Gasteiger partial charge on any atom is 0.449 e. The molecule has 0 radical (unpaired) electrons. The summed E-state index contributed by atoms with van der Waals surface area (Å²) in [4.78, 5) is 21.4. The monoisotopic (exact) mass is 410 g/mol. The number of rotatable bonds is 4. The van der Waals surface area contributed by atoms with Gasteiger partial charge in [0.15, 0.2) is 0 Å². The molecule has 5 rings (SSSR count). The van der Waals surface area contributed by atoms with Crippen molar-refractivity contribution in [3.8, 4) is 0 Å². The van der Waals surface area contributed by atoms with Crippen molar-refractivity contribution >= 4 is 17.7 Å². The molecule has 5 nitrogen and oxygen atoms in total. The molecule has 28 heavy (non-hydrogen) atoms. The van der Waals surface area contributed by atoms with Crippen molar-refractivity contribution in [1.82, 2.24) is 20.2 Å². The number of aromatic nitrogens is 2. The molecular formula is C19H21F3N4OS. The number of carbonyl (C=O) groups is 1. The first kappa shape index (κ1) is 19.3. The zero-order valence-corrected chi connectivity index (χ0v) is 16.1. The summed E-state index contributed by atoms with van der Waals surface area (Å²) in [5, 5.41) is 3.47. The van der Waals surface area contributed by atoms with Gasteiger partial charge in [-0.2, -0.15) is 13.2 Å². The average molecular weight is 410 g/mol. The fourth-order valence-electron chi connectivity index (χ4n) is 4.08. The number of hydrogen-bond acceptors (Lipinski definition) is 4. The number of amides is 1. The molecule has 9 heteroatoms. The first-order valence-electron chi connectivity index (χ1n) is 9.26. The minimum Gasteiger partial charge on any atom is -0.347 e. The Morgan fingerprint density at radius 3 is 2.50 bits per heavy atom. The highest BCUT2D eigenvalue weighted by Crippen LogP contribution is 2.33. The van der Waals surface area contributed by atoms with Crippen molar-refractivity contribution in [2.24, 2.45) is 5.92 Å². The van der Waals surface area contributed by atoms with E-state index in [0.717, 1.165) is 48.8 Å². The lowest BCUT2D eigenvalue weighted by Crippen LogP contribution is -2.62. The smallest absolute Gasteiger partial charge is 0.347 e. The van der Waals surface area contributed by atoms with Crippen LogP contribution in [-0.4, -0.2) is 45.9 Å². The third kappa shape index (κ3) is 3.91. The Kier molecular flexibility index (Phi) is 5.13. The van der Waals surface area contributed by atoms with Gasteiger partial charge in [-0.15, -0.1) is 0 Å². The molecule has 3 aliphatic heterocycles. The van der Waals surface area contributed by atoms with Crippen molar-refractivity contribution in [1.29, 1.82) is 0 Å². The van der Waals surface area contributed by atoms with Crippen LogP contribution in [0.5, 0.6) is 0 Å². The molecule has 1 aromatic carbocycles. The minimum atomic E-state index is -4.49. The van der Waals surface area contributed by atoms with E-state index in [1.807, 2.05) is 0 Å². The molecule has 0 unspecified atom stereocenters. The van der Waals surface area contributed by atoms with Crippen LogP contribution in [-0.2, 0) is 6.18 Å². The molecule has 2 aromatic rings. The van der Waals surface area contributed by atoms with Crippen molar-refractivity contribution in [2.45, 2.75) is 47.9 Å². The second-order valence-electron chi connectivity index (χ2n) is 7.33. The fraction of sp³-hybridized carbons (Fsp3) is 0.474. The summed E-state index contributed by atoms with van der Waals surface area (Å²) in [6.45, 7) is 4.37. The van der Waals surface area contributed by atoms with Gasteiger partial charge in [0.1, 0.15) is 0 Å². The Labute approximate surface area is 165 Å². The van der Waals surface area contributed by atoms with Gasteiger partial charge in [0.25, 0.3) is 5.91 Å². The van der Waals surface area contributed by atoms with Crippen LogP contribution >= 0.6 is 11.8 Å². The molecule has 0 spiro atoms. The van der Waals surface area contributed by atoms with Crippen molar-refractivity contribution in [3.05, 3.63) is 41.9 Å². The topological polar surface area (TPSA) is 61.0 Å². The SMILES string of the molecule is C[C@H]1[C@H](NC(=O)c2ccc(Sc3cnc(C(F)(F)F)[nH]3)cc2)C2CCN1CC2. The number of H-pyrrole nitrogens is 1. The third-order valence-electron chi connectivity index (χ3n) is 5.64. The number of benzene rings is 1. The van der Waals surface area contributed by atoms with Crippen molar-refractivity contribution < 1.29 is 18.0 Å². The Morgan fingerprint density at radius 1 is 1.25 bits per heavy atom. The van der Waals surface area contributed by atoms with E-state index in [-0.39, 0.29) is 11.9 Å². The standard InChI is InChI=1S/C19H21F3N4OS/c1-11-16(12-6-8-26(11)9-7-12)25-17(27)13-2-4-14(5-3-13)28-15-10-23-18(24-15)19(20,21)22/h2-5,10-12,16H,6-9H2,1H3,(H,23,24)(H,25,27)/t11-,16-/m0/s1. The van der Waals surface area contributed by atoms with E-state index in [0.29, 0.717) is 22.5 Å². The Hall–Kier alpha value is -2.00. The maximum absolute atomic E-state index is 12.6. The number of alkyl halides is 3. The lowest BCUT2D eigenvalue weighted by atomic mass is 9.79. The molecule has 3 saturated heterocycles. The van der Waals surface area contributed by atoms with Crippen LogP contribution in [0.1, 0.15) is 35.9 Å². The van der Waals surface area contributed by atoms with Gasteiger partial charge in [-0.1, -0.05) is 11.8 Å². The number of nitrogens with zero attached hydrogens (tertiary/aromatic N) is 2. The van der Waals surface area contributed by atoms with E-state index in [9.17, 15) is 18.0 Å². The zero-order chi connectivity index (χ0) is 19.9. The summed E-state index contributed by atoms with van der Waals surface area (Å²) in [7, 11) is 0. The van der Waals surface area contributed by atoms with Gasteiger partial charge < -0.3 is 10.3 Å². The Morgan fingerprint density at radius 2 is 1.93 bits per heavy atom. The molecule has 4 heterocycles. The zero-order valence-electron chi connectivity index (χ0n) is 15.3. The maximum atomic E-state index is 12.6. The van der Waals surface area contributed by atoms with Gasteiger partial charge in [0.05, 0.1) is 11.2 Å². The van der Waals surface area contributed by atoms with Crippen LogP contribution in [0, 0.1) is 5.92 Å². The summed E-state index contributed by atoms with van der Waals surface area (Å²) in [6, 6.07) is 7.36. The largest absolute Gasteiger partial charge is 0.449 e. The van der Waals surface area contributed by atoms with Crippen molar-refractivity contribution in [3.63, 3.8) is 0 Å².